The fourth-order valence-electron chi connectivity index (χ4n) is 2.52. The Morgan fingerprint density at radius 3 is 2.25 bits per heavy atom. The molecule has 3 aromatic rings. The molecule has 0 aliphatic heterocycles. The van der Waals surface area contributed by atoms with Gasteiger partial charge in [-0.15, -0.1) is 0 Å². The van der Waals surface area contributed by atoms with E-state index in [0.717, 1.165) is 22.1 Å². The van der Waals surface area contributed by atoms with Gasteiger partial charge >= 0.3 is 5.97 Å². The van der Waals surface area contributed by atoms with E-state index < -0.39 is 0 Å². The highest BCUT2D eigenvalue weighted by molar-refractivity contribution is 5.87. The molecule has 0 aliphatic carbocycles. The Morgan fingerprint density at radius 2 is 1.54 bits per heavy atom. The lowest BCUT2D eigenvalue weighted by molar-refractivity contribution is -0.135. The van der Waals surface area contributed by atoms with E-state index in [2.05, 4.69) is 0 Å². The number of benzene rings is 3. The molecule has 2 N–H and O–H groups in total. The lowest BCUT2D eigenvalue weighted by atomic mass is 9.98. The van der Waals surface area contributed by atoms with Gasteiger partial charge in [0.05, 0.1) is 13.0 Å². The molecular weight excluding hydrogens is 302 g/mol. The first-order chi connectivity index (χ1) is 11.6. The Labute approximate surface area is 140 Å². The highest BCUT2D eigenvalue weighted by atomic mass is 16.5. The second-order valence-electron chi connectivity index (χ2n) is 5.68. The predicted molar refractivity (Wildman–Crippen MR) is 95.4 cm³/mol. The first-order valence-electron chi connectivity index (χ1n) is 7.72. The van der Waals surface area contributed by atoms with Crippen LogP contribution in [0.2, 0.25) is 0 Å². The Bertz CT molecular complexity index is 872. The fourth-order valence-corrected chi connectivity index (χ4v) is 2.52. The summed E-state index contributed by atoms with van der Waals surface area (Å²) in [5.41, 5.74) is 7.17. The summed E-state index contributed by atoms with van der Waals surface area (Å²) >= 11 is 0. The number of nitrogen functional groups attached to an aromatic ring is 1. The van der Waals surface area contributed by atoms with Crippen LogP contribution in [0.4, 0.5) is 5.69 Å². The maximum atomic E-state index is 12.4. The van der Waals surface area contributed by atoms with Gasteiger partial charge in [0.25, 0.3) is 0 Å². The number of esters is 1. The number of hydrogen-bond donors (Lipinski definition) is 1. The van der Waals surface area contributed by atoms with Crippen LogP contribution in [0.1, 0.15) is 18.4 Å². The van der Waals surface area contributed by atoms with Crippen LogP contribution in [-0.2, 0) is 4.79 Å². The molecule has 0 saturated heterocycles. The highest BCUT2D eigenvalue weighted by Crippen LogP contribution is 2.26. The molecule has 0 heterocycles. The van der Waals surface area contributed by atoms with Crippen LogP contribution in [-0.4, -0.2) is 13.1 Å². The molecule has 0 fully saturated rings. The Hall–Kier alpha value is -3.01. The number of rotatable bonds is 4. The maximum absolute atomic E-state index is 12.4. The first-order valence-corrected chi connectivity index (χ1v) is 7.72. The van der Waals surface area contributed by atoms with Gasteiger partial charge in [-0.1, -0.05) is 24.3 Å². The average molecular weight is 321 g/mol. The minimum absolute atomic E-state index is 0.298. The fraction of sp³-hybridized carbons (Fsp3) is 0.150. The van der Waals surface area contributed by atoms with Crippen molar-refractivity contribution in [2.45, 2.75) is 12.8 Å². The zero-order valence-corrected chi connectivity index (χ0v) is 13.7. The predicted octanol–water partition coefficient (Wildman–Crippen LogP) is 4.14. The summed E-state index contributed by atoms with van der Waals surface area (Å²) in [5, 5.41) is 2.12. The number of nitrogens with two attached hydrogens (primary N) is 1. The topological polar surface area (TPSA) is 61.5 Å². The van der Waals surface area contributed by atoms with Crippen molar-refractivity contribution in [3.05, 3.63) is 66.2 Å². The molecular formula is C20H19NO3. The number of carbonyl (C=O) groups excluding carboxylic acids is 1. The van der Waals surface area contributed by atoms with Gasteiger partial charge in [0.15, 0.2) is 0 Å². The molecule has 0 aromatic heterocycles. The van der Waals surface area contributed by atoms with E-state index in [1.54, 1.807) is 31.4 Å². The van der Waals surface area contributed by atoms with E-state index >= 15 is 0 Å². The van der Waals surface area contributed by atoms with Crippen LogP contribution in [0.5, 0.6) is 11.5 Å². The summed E-state index contributed by atoms with van der Waals surface area (Å²) in [4.78, 5) is 12.4. The van der Waals surface area contributed by atoms with E-state index in [1.807, 2.05) is 43.3 Å². The molecule has 3 rings (SSSR count). The van der Waals surface area contributed by atoms with Crippen molar-refractivity contribution in [1.82, 2.24) is 0 Å². The minimum Gasteiger partial charge on any atom is -0.497 e. The third-order valence-electron chi connectivity index (χ3n) is 4.02. The van der Waals surface area contributed by atoms with Crippen molar-refractivity contribution >= 4 is 22.4 Å². The summed E-state index contributed by atoms with van der Waals surface area (Å²) in [6.45, 7) is 1.84. The Balaban J connectivity index is 1.80. The number of hydrogen-bond acceptors (Lipinski definition) is 4. The third kappa shape index (κ3) is 3.33. The normalized spacial score (nSPS) is 11.9. The summed E-state index contributed by atoms with van der Waals surface area (Å²) in [5.74, 6) is 0.638. The number of anilines is 1. The molecule has 0 bridgehead atoms. The molecule has 3 aromatic carbocycles. The van der Waals surface area contributed by atoms with Gasteiger partial charge in [-0.25, -0.2) is 0 Å². The van der Waals surface area contributed by atoms with Gasteiger partial charge in [0.2, 0.25) is 0 Å². The zero-order valence-electron chi connectivity index (χ0n) is 13.7. The first kappa shape index (κ1) is 15.9. The van der Waals surface area contributed by atoms with Crippen molar-refractivity contribution in [2.75, 3.05) is 12.8 Å². The SMILES string of the molecule is COc1ccc2cc(C(C)C(=O)Oc3ccc(N)cc3)ccc2c1. The molecule has 122 valence electrons. The summed E-state index contributed by atoms with van der Waals surface area (Å²) in [6, 6.07) is 18.6. The van der Waals surface area contributed by atoms with Gasteiger partial charge in [0, 0.05) is 5.69 Å². The molecule has 0 saturated carbocycles. The zero-order chi connectivity index (χ0) is 17.1. The molecule has 24 heavy (non-hydrogen) atoms. The highest BCUT2D eigenvalue weighted by Gasteiger charge is 2.18. The number of fused-ring (bicyclic) bond motifs is 1. The Morgan fingerprint density at radius 1 is 0.917 bits per heavy atom. The second kappa shape index (κ2) is 6.62. The summed E-state index contributed by atoms with van der Waals surface area (Å²) in [7, 11) is 1.64. The van der Waals surface area contributed by atoms with E-state index in [-0.39, 0.29) is 11.9 Å². The number of ether oxygens (including phenoxy) is 2. The van der Waals surface area contributed by atoms with Crippen LogP contribution >= 0.6 is 0 Å². The number of methoxy groups -OCH3 is 1. The third-order valence-corrected chi connectivity index (χ3v) is 4.02. The van der Waals surface area contributed by atoms with Crippen molar-refractivity contribution < 1.29 is 14.3 Å². The molecule has 1 unspecified atom stereocenters. The van der Waals surface area contributed by atoms with Crippen LogP contribution in [0, 0.1) is 0 Å². The van der Waals surface area contributed by atoms with Crippen molar-refractivity contribution in [3.63, 3.8) is 0 Å². The van der Waals surface area contributed by atoms with Crippen LogP contribution < -0.4 is 15.2 Å². The van der Waals surface area contributed by atoms with Gasteiger partial charge in [-0.3, -0.25) is 4.79 Å². The largest absolute Gasteiger partial charge is 0.497 e. The lowest BCUT2D eigenvalue weighted by Crippen LogP contribution is -2.16. The molecule has 0 aliphatic rings. The van der Waals surface area contributed by atoms with Gasteiger partial charge in [-0.05, 0) is 59.7 Å². The standard InChI is InChI=1S/C20H19NO3/c1-13(20(22)24-18-9-6-17(21)7-10-18)14-3-4-16-12-19(23-2)8-5-15(16)11-14/h3-13H,21H2,1-2H3. The quantitative estimate of drug-likeness (QED) is 0.446. The van der Waals surface area contributed by atoms with Crippen LogP contribution in [0.15, 0.2) is 60.7 Å². The van der Waals surface area contributed by atoms with Crippen molar-refractivity contribution in [3.8, 4) is 11.5 Å². The van der Waals surface area contributed by atoms with Crippen LogP contribution in [0.3, 0.4) is 0 Å². The molecule has 0 spiro atoms. The van der Waals surface area contributed by atoms with E-state index in [4.69, 9.17) is 15.2 Å². The van der Waals surface area contributed by atoms with E-state index in [1.165, 1.54) is 0 Å². The lowest BCUT2D eigenvalue weighted by Gasteiger charge is -2.13. The summed E-state index contributed by atoms with van der Waals surface area (Å²) < 4.78 is 10.6. The van der Waals surface area contributed by atoms with Gasteiger partial charge < -0.3 is 15.2 Å². The average Bonchev–Trinajstić information content (AvgIpc) is 2.62. The molecule has 4 nitrogen and oxygen atoms in total. The van der Waals surface area contributed by atoms with E-state index in [9.17, 15) is 4.79 Å². The second-order valence-corrected chi connectivity index (χ2v) is 5.68. The van der Waals surface area contributed by atoms with Gasteiger partial charge in [0.1, 0.15) is 11.5 Å². The van der Waals surface area contributed by atoms with Crippen molar-refractivity contribution in [2.24, 2.45) is 0 Å². The summed E-state index contributed by atoms with van der Waals surface area (Å²) in [6.07, 6.45) is 0. The molecule has 0 radical (unpaired) electrons. The van der Waals surface area contributed by atoms with Gasteiger partial charge in [-0.2, -0.15) is 0 Å². The van der Waals surface area contributed by atoms with Crippen LogP contribution in [0.25, 0.3) is 10.8 Å². The molecule has 1 atom stereocenters. The van der Waals surface area contributed by atoms with E-state index in [0.29, 0.717) is 11.4 Å². The van der Waals surface area contributed by atoms with Crippen molar-refractivity contribution in [1.29, 1.82) is 0 Å². The monoisotopic (exact) mass is 321 g/mol. The molecule has 4 heteroatoms. The smallest absolute Gasteiger partial charge is 0.318 e. The maximum Gasteiger partial charge on any atom is 0.318 e. The minimum atomic E-state index is -0.367. The Kier molecular flexibility index (Phi) is 4.38. The number of carbonyl (C=O) groups is 1. The molecule has 0 amide bonds.